The molecule has 0 bridgehead atoms. The Balaban J connectivity index is 2.42. The van der Waals surface area contributed by atoms with Gasteiger partial charge in [0.1, 0.15) is 18.3 Å². The lowest BCUT2D eigenvalue weighted by molar-refractivity contribution is -0.0564. The topological polar surface area (TPSA) is 125 Å². The highest BCUT2D eigenvalue weighted by Gasteiger charge is 2.44. The fourth-order valence-electron chi connectivity index (χ4n) is 1.77. The first-order valence-corrected chi connectivity index (χ1v) is 4.99. The van der Waals surface area contributed by atoms with Crippen LogP contribution in [0.1, 0.15) is 6.23 Å². The van der Waals surface area contributed by atoms with Crippen LogP contribution in [-0.4, -0.2) is 49.8 Å². The first-order chi connectivity index (χ1) is 8.06. The lowest BCUT2D eigenvalue weighted by Crippen LogP contribution is -2.42. The Morgan fingerprint density at radius 1 is 1.35 bits per heavy atom. The van der Waals surface area contributed by atoms with Gasteiger partial charge in [0.05, 0.1) is 6.61 Å². The minimum absolute atomic E-state index is 0.520. The van der Waals surface area contributed by atoms with Crippen molar-refractivity contribution in [3.05, 3.63) is 33.1 Å². The number of ether oxygens (including phenoxy) is 1. The summed E-state index contributed by atoms with van der Waals surface area (Å²) in [5, 5.41) is 28.1. The van der Waals surface area contributed by atoms with Crippen molar-refractivity contribution in [2.75, 3.05) is 6.61 Å². The number of aromatic nitrogens is 2. The predicted molar refractivity (Wildman–Crippen MR) is 54.3 cm³/mol. The Morgan fingerprint density at radius 2 is 2.06 bits per heavy atom. The van der Waals surface area contributed by atoms with E-state index in [-0.39, 0.29) is 0 Å². The number of H-pyrrole nitrogens is 1. The molecule has 8 heteroatoms. The van der Waals surface area contributed by atoms with Crippen molar-refractivity contribution in [2.45, 2.75) is 24.5 Å². The van der Waals surface area contributed by atoms with E-state index < -0.39 is 42.4 Å². The van der Waals surface area contributed by atoms with Crippen LogP contribution in [0.2, 0.25) is 0 Å². The highest BCUT2D eigenvalue weighted by atomic mass is 16.6. The van der Waals surface area contributed by atoms with Crippen molar-refractivity contribution < 1.29 is 20.1 Å². The first-order valence-electron chi connectivity index (χ1n) is 4.99. The summed E-state index contributed by atoms with van der Waals surface area (Å²) in [6, 6.07) is 1.09. The molecule has 1 saturated heterocycles. The number of aliphatic hydroxyl groups is 3. The molecule has 8 nitrogen and oxygen atoms in total. The Bertz CT molecular complexity index is 480. The SMILES string of the molecule is O=c1cc[nH]c(=O)n1[C@@H]1O[C@H](CO)[C@H](O)[C@H]1O. The van der Waals surface area contributed by atoms with Crippen molar-refractivity contribution in [3.8, 4) is 0 Å². The lowest BCUT2D eigenvalue weighted by atomic mass is 10.1. The van der Waals surface area contributed by atoms with Gasteiger partial charge in [0.2, 0.25) is 0 Å². The molecule has 4 N–H and O–H groups in total. The van der Waals surface area contributed by atoms with E-state index in [1.54, 1.807) is 0 Å². The Morgan fingerprint density at radius 3 is 2.59 bits per heavy atom. The lowest BCUT2D eigenvalue weighted by Gasteiger charge is -2.15. The van der Waals surface area contributed by atoms with Crippen LogP contribution in [0, 0.1) is 0 Å². The van der Waals surface area contributed by atoms with E-state index in [0.29, 0.717) is 4.57 Å². The van der Waals surface area contributed by atoms with Crippen molar-refractivity contribution in [1.29, 1.82) is 0 Å². The molecule has 2 heterocycles. The average Bonchev–Trinajstić information content (AvgIpc) is 2.57. The second-order valence-electron chi connectivity index (χ2n) is 3.72. The third kappa shape index (κ3) is 1.91. The van der Waals surface area contributed by atoms with E-state index in [2.05, 4.69) is 4.98 Å². The zero-order valence-corrected chi connectivity index (χ0v) is 8.68. The highest BCUT2D eigenvalue weighted by molar-refractivity contribution is 4.93. The van der Waals surface area contributed by atoms with Gasteiger partial charge in [-0.2, -0.15) is 0 Å². The number of hydrogen-bond acceptors (Lipinski definition) is 6. The van der Waals surface area contributed by atoms with Gasteiger partial charge in [-0.3, -0.25) is 4.79 Å². The normalized spacial score (nSPS) is 32.9. The molecule has 1 aliphatic heterocycles. The molecular weight excluding hydrogens is 232 g/mol. The molecule has 17 heavy (non-hydrogen) atoms. The number of nitrogens with one attached hydrogen (secondary N) is 1. The summed E-state index contributed by atoms with van der Waals surface area (Å²) in [5.41, 5.74) is -1.42. The molecular formula is C9H12N2O6. The molecule has 4 atom stereocenters. The van der Waals surface area contributed by atoms with Gasteiger partial charge in [0.25, 0.3) is 5.56 Å². The summed E-state index contributed by atoms with van der Waals surface area (Å²) < 4.78 is 5.73. The zero-order valence-electron chi connectivity index (χ0n) is 8.68. The molecule has 1 fully saturated rings. The maximum atomic E-state index is 11.5. The van der Waals surface area contributed by atoms with Crippen LogP contribution < -0.4 is 11.2 Å². The Labute approximate surface area is 94.7 Å². The molecule has 0 saturated carbocycles. The highest BCUT2D eigenvalue weighted by Crippen LogP contribution is 2.26. The fourth-order valence-corrected chi connectivity index (χ4v) is 1.77. The average molecular weight is 244 g/mol. The summed E-state index contributed by atoms with van der Waals surface area (Å²) >= 11 is 0. The summed E-state index contributed by atoms with van der Waals surface area (Å²) in [5.74, 6) is 0. The molecule has 2 rings (SSSR count). The van der Waals surface area contributed by atoms with E-state index in [4.69, 9.17) is 9.84 Å². The molecule has 94 valence electrons. The first kappa shape index (κ1) is 12.0. The monoisotopic (exact) mass is 244 g/mol. The van der Waals surface area contributed by atoms with Crippen molar-refractivity contribution >= 4 is 0 Å². The van der Waals surface area contributed by atoms with E-state index >= 15 is 0 Å². The zero-order chi connectivity index (χ0) is 12.6. The summed E-state index contributed by atoms with van der Waals surface area (Å²) in [7, 11) is 0. The van der Waals surface area contributed by atoms with E-state index in [9.17, 15) is 19.8 Å². The number of aromatic amines is 1. The van der Waals surface area contributed by atoms with Crippen LogP contribution in [0.5, 0.6) is 0 Å². The molecule has 1 aliphatic rings. The molecule has 0 spiro atoms. The van der Waals surface area contributed by atoms with Crippen molar-refractivity contribution in [2.24, 2.45) is 0 Å². The smallest absolute Gasteiger partial charge is 0.330 e. The largest absolute Gasteiger partial charge is 0.394 e. The molecule has 1 aromatic rings. The minimum atomic E-state index is -1.45. The van der Waals surface area contributed by atoms with Gasteiger partial charge >= 0.3 is 5.69 Å². The van der Waals surface area contributed by atoms with Gasteiger partial charge in [0, 0.05) is 12.3 Å². The molecule has 0 amide bonds. The van der Waals surface area contributed by atoms with E-state index in [1.165, 1.54) is 6.20 Å². The molecule has 0 aliphatic carbocycles. The molecule has 0 radical (unpaired) electrons. The standard InChI is InChI=1S/C9H12N2O6/c12-3-4-6(14)7(15)8(17-4)11-5(13)1-2-10-9(11)16/h1-2,4,6-8,12,14-15H,3H2,(H,10,16)/t4-,6+,7-,8-/m1/s1. The summed E-state index contributed by atoms with van der Waals surface area (Å²) in [6.07, 6.45) is -3.96. The van der Waals surface area contributed by atoms with Crippen LogP contribution in [0.3, 0.4) is 0 Å². The second kappa shape index (κ2) is 4.41. The predicted octanol–water partition coefficient (Wildman–Crippen LogP) is -2.85. The quantitative estimate of drug-likeness (QED) is 0.444. The third-order valence-corrected chi connectivity index (χ3v) is 2.66. The Kier molecular flexibility index (Phi) is 3.11. The maximum absolute atomic E-state index is 11.5. The number of hydrogen-bond donors (Lipinski definition) is 4. The summed E-state index contributed by atoms with van der Waals surface area (Å²) in [4.78, 5) is 25.2. The number of nitrogens with zero attached hydrogens (tertiary/aromatic N) is 1. The van der Waals surface area contributed by atoms with E-state index in [0.717, 1.165) is 6.07 Å². The number of rotatable bonds is 2. The maximum Gasteiger partial charge on any atom is 0.330 e. The van der Waals surface area contributed by atoms with Gasteiger partial charge in [-0.05, 0) is 0 Å². The fraction of sp³-hybridized carbons (Fsp3) is 0.556. The van der Waals surface area contributed by atoms with Crippen LogP contribution >= 0.6 is 0 Å². The second-order valence-corrected chi connectivity index (χ2v) is 3.72. The van der Waals surface area contributed by atoms with Crippen molar-refractivity contribution in [3.63, 3.8) is 0 Å². The van der Waals surface area contributed by atoms with Crippen molar-refractivity contribution in [1.82, 2.24) is 9.55 Å². The molecule has 0 unspecified atom stereocenters. The van der Waals surface area contributed by atoms with Crippen LogP contribution in [0.25, 0.3) is 0 Å². The van der Waals surface area contributed by atoms with Crippen LogP contribution in [-0.2, 0) is 4.74 Å². The Hall–Kier alpha value is -1.48. The van der Waals surface area contributed by atoms with Crippen LogP contribution in [0.4, 0.5) is 0 Å². The molecule has 0 aromatic carbocycles. The van der Waals surface area contributed by atoms with Gasteiger partial charge in [-0.1, -0.05) is 0 Å². The molecule has 1 aromatic heterocycles. The van der Waals surface area contributed by atoms with E-state index in [1.807, 2.05) is 0 Å². The van der Waals surface area contributed by atoms with Gasteiger partial charge < -0.3 is 25.0 Å². The van der Waals surface area contributed by atoms with Gasteiger partial charge in [-0.25, -0.2) is 9.36 Å². The van der Waals surface area contributed by atoms with Crippen LogP contribution in [0.15, 0.2) is 21.9 Å². The number of aliphatic hydroxyl groups excluding tert-OH is 3. The van der Waals surface area contributed by atoms with Gasteiger partial charge in [-0.15, -0.1) is 0 Å². The minimum Gasteiger partial charge on any atom is -0.394 e. The van der Waals surface area contributed by atoms with Gasteiger partial charge in [0.15, 0.2) is 6.23 Å². The summed E-state index contributed by atoms with van der Waals surface area (Å²) in [6.45, 7) is -0.520. The third-order valence-electron chi connectivity index (χ3n) is 2.66.